The quantitative estimate of drug-likeness (QED) is 0.832. The second-order valence-corrected chi connectivity index (χ2v) is 3.81. The summed E-state index contributed by atoms with van der Waals surface area (Å²) in [6.07, 6.45) is -0.0665. The van der Waals surface area contributed by atoms with Gasteiger partial charge in [0, 0.05) is 5.39 Å². The fourth-order valence-corrected chi connectivity index (χ4v) is 1.71. The first kappa shape index (κ1) is 10.5. The molecule has 82 valence electrons. The van der Waals surface area contributed by atoms with Gasteiger partial charge in [0.25, 0.3) is 0 Å². The molecule has 0 unspecified atom stereocenters. The fraction of sp³-hybridized carbons (Fsp3) is 0.250. The summed E-state index contributed by atoms with van der Waals surface area (Å²) in [5, 5.41) is 9.63. The summed E-state index contributed by atoms with van der Waals surface area (Å²) in [7, 11) is 0. The van der Waals surface area contributed by atoms with E-state index in [-0.39, 0.29) is 6.42 Å². The molecule has 0 aliphatic rings. The van der Waals surface area contributed by atoms with Gasteiger partial charge in [0.15, 0.2) is 0 Å². The molecule has 0 amide bonds. The third kappa shape index (κ3) is 2.00. The Morgan fingerprint density at radius 3 is 2.75 bits per heavy atom. The molecule has 1 N–H and O–H groups in total. The average Bonchev–Trinajstić information content (AvgIpc) is 2.15. The van der Waals surface area contributed by atoms with Gasteiger partial charge in [0.2, 0.25) is 0 Å². The first-order chi connectivity index (χ1) is 7.56. The van der Waals surface area contributed by atoms with Crippen molar-refractivity contribution in [1.29, 1.82) is 0 Å². The van der Waals surface area contributed by atoms with Crippen molar-refractivity contribution >= 4 is 16.9 Å². The molecule has 16 heavy (non-hydrogen) atoms. The number of benzene rings is 1. The Hall–Kier alpha value is -1.97. The topological polar surface area (TPSA) is 63.1 Å². The number of hydrogen-bond donors (Lipinski definition) is 1. The van der Waals surface area contributed by atoms with Gasteiger partial charge in [-0.05, 0) is 25.5 Å². The largest absolute Gasteiger partial charge is 0.481 e. The third-order valence-corrected chi connectivity index (χ3v) is 2.36. The predicted molar refractivity (Wildman–Crippen MR) is 60.4 cm³/mol. The van der Waals surface area contributed by atoms with Crippen LogP contribution in [0.5, 0.6) is 0 Å². The number of rotatable bonds is 2. The van der Waals surface area contributed by atoms with Crippen LogP contribution in [-0.4, -0.2) is 21.0 Å². The van der Waals surface area contributed by atoms with Gasteiger partial charge in [0.05, 0.1) is 17.6 Å². The summed E-state index contributed by atoms with van der Waals surface area (Å²) in [5.74, 6) is -0.269. The maximum Gasteiger partial charge on any atom is 0.309 e. The lowest BCUT2D eigenvalue weighted by Crippen LogP contribution is -2.05. The minimum absolute atomic E-state index is 0.0665. The SMILES string of the molecule is Cc1ccc2c(CC(=O)O)nc(C)nc2c1. The highest BCUT2D eigenvalue weighted by molar-refractivity contribution is 5.85. The Bertz CT molecular complexity index is 559. The number of nitrogens with zero attached hydrogens (tertiary/aromatic N) is 2. The number of aryl methyl sites for hydroxylation is 2. The second kappa shape index (κ2) is 3.89. The molecule has 0 saturated carbocycles. The van der Waals surface area contributed by atoms with Crippen LogP contribution in [0.15, 0.2) is 18.2 Å². The van der Waals surface area contributed by atoms with Crippen molar-refractivity contribution in [2.75, 3.05) is 0 Å². The summed E-state index contributed by atoms with van der Waals surface area (Å²) in [6.45, 7) is 3.75. The predicted octanol–water partition coefficient (Wildman–Crippen LogP) is 1.87. The van der Waals surface area contributed by atoms with Gasteiger partial charge in [-0.2, -0.15) is 0 Å². The molecule has 0 radical (unpaired) electrons. The lowest BCUT2D eigenvalue weighted by Gasteiger charge is -2.05. The zero-order valence-corrected chi connectivity index (χ0v) is 9.19. The zero-order chi connectivity index (χ0) is 11.7. The van der Waals surface area contributed by atoms with Crippen LogP contribution in [-0.2, 0) is 11.2 Å². The summed E-state index contributed by atoms with van der Waals surface area (Å²) in [4.78, 5) is 19.2. The molecule has 1 aromatic carbocycles. The van der Waals surface area contributed by atoms with E-state index in [1.54, 1.807) is 6.92 Å². The maximum absolute atomic E-state index is 10.7. The Labute approximate surface area is 93.0 Å². The lowest BCUT2D eigenvalue weighted by molar-refractivity contribution is -0.136. The van der Waals surface area contributed by atoms with Crippen molar-refractivity contribution in [3.63, 3.8) is 0 Å². The van der Waals surface area contributed by atoms with Gasteiger partial charge in [-0.1, -0.05) is 12.1 Å². The van der Waals surface area contributed by atoms with Crippen molar-refractivity contribution < 1.29 is 9.90 Å². The van der Waals surface area contributed by atoms with Crippen LogP contribution in [0.3, 0.4) is 0 Å². The number of carbonyl (C=O) groups is 1. The highest BCUT2D eigenvalue weighted by Crippen LogP contribution is 2.17. The van der Waals surface area contributed by atoms with E-state index in [0.717, 1.165) is 16.5 Å². The van der Waals surface area contributed by atoms with E-state index in [1.807, 2.05) is 25.1 Å². The first-order valence-electron chi connectivity index (χ1n) is 5.02. The van der Waals surface area contributed by atoms with E-state index in [1.165, 1.54) is 0 Å². The molecule has 2 rings (SSSR count). The van der Waals surface area contributed by atoms with Crippen molar-refractivity contribution in [2.45, 2.75) is 20.3 Å². The zero-order valence-electron chi connectivity index (χ0n) is 9.19. The summed E-state index contributed by atoms with van der Waals surface area (Å²) >= 11 is 0. The second-order valence-electron chi connectivity index (χ2n) is 3.81. The normalized spacial score (nSPS) is 10.6. The number of carboxylic acid groups (broad SMARTS) is 1. The van der Waals surface area contributed by atoms with Gasteiger partial charge >= 0.3 is 5.97 Å². The Balaban J connectivity index is 2.67. The van der Waals surface area contributed by atoms with E-state index < -0.39 is 5.97 Å². The Morgan fingerprint density at radius 1 is 1.31 bits per heavy atom. The van der Waals surface area contributed by atoms with Crippen molar-refractivity contribution in [2.24, 2.45) is 0 Å². The molecule has 0 bridgehead atoms. The van der Waals surface area contributed by atoms with Crippen molar-refractivity contribution in [1.82, 2.24) is 9.97 Å². The van der Waals surface area contributed by atoms with E-state index >= 15 is 0 Å². The van der Waals surface area contributed by atoms with Crippen molar-refractivity contribution in [3.8, 4) is 0 Å². The van der Waals surface area contributed by atoms with Crippen LogP contribution >= 0.6 is 0 Å². The van der Waals surface area contributed by atoms with Crippen LogP contribution in [0.2, 0.25) is 0 Å². The summed E-state index contributed by atoms with van der Waals surface area (Å²) in [5.41, 5.74) is 2.49. The van der Waals surface area contributed by atoms with Crippen LogP contribution < -0.4 is 0 Å². The van der Waals surface area contributed by atoms with Crippen LogP contribution in [0.1, 0.15) is 17.1 Å². The molecule has 0 aliphatic heterocycles. The smallest absolute Gasteiger partial charge is 0.309 e. The molecule has 0 aliphatic carbocycles. The van der Waals surface area contributed by atoms with Gasteiger partial charge in [-0.3, -0.25) is 4.79 Å². The van der Waals surface area contributed by atoms with E-state index in [0.29, 0.717) is 11.5 Å². The molecule has 2 aromatic rings. The number of aromatic nitrogens is 2. The van der Waals surface area contributed by atoms with E-state index in [2.05, 4.69) is 9.97 Å². The molecular formula is C12H12N2O2. The summed E-state index contributed by atoms with van der Waals surface area (Å²) in [6, 6.07) is 5.75. The molecule has 1 aromatic heterocycles. The lowest BCUT2D eigenvalue weighted by atomic mass is 10.1. The molecule has 0 saturated heterocycles. The Kier molecular flexibility index (Phi) is 2.56. The van der Waals surface area contributed by atoms with E-state index in [4.69, 9.17) is 5.11 Å². The van der Waals surface area contributed by atoms with Gasteiger partial charge < -0.3 is 5.11 Å². The highest BCUT2D eigenvalue weighted by atomic mass is 16.4. The molecule has 4 heteroatoms. The number of fused-ring (bicyclic) bond motifs is 1. The molecule has 0 fully saturated rings. The van der Waals surface area contributed by atoms with Crippen LogP contribution in [0, 0.1) is 13.8 Å². The fourth-order valence-electron chi connectivity index (χ4n) is 1.71. The minimum atomic E-state index is -0.875. The monoisotopic (exact) mass is 216 g/mol. The Morgan fingerprint density at radius 2 is 2.06 bits per heavy atom. The third-order valence-electron chi connectivity index (χ3n) is 2.36. The molecule has 0 atom stereocenters. The standard InChI is InChI=1S/C12H12N2O2/c1-7-3-4-9-10(5-7)13-8(2)14-11(9)6-12(15)16/h3-5H,6H2,1-2H3,(H,15,16). The highest BCUT2D eigenvalue weighted by Gasteiger charge is 2.09. The average molecular weight is 216 g/mol. The molecule has 1 heterocycles. The van der Waals surface area contributed by atoms with Gasteiger partial charge in [-0.25, -0.2) is 9.97 Å². The van der Waals surface area contributed by atoms with Gasteiger partial charge in [-0.15, -0.1) is 0 Å². The van der Waals surface area contributed by atoms with Crippen molar-refractivity contribution in [3.05, 3.63) is 35.3 Å². The number of hydrogen-bond acceptors (Lipinski definition) is 3. The van der Waals surface area contributed by atoms with Crippen LogP contribution in [0.4, 0.5) is 0 Å². The maximum atomic E-state index is 10.7. The number of aliphatic carboxylic acids is 1. The summed E-state index contributed by atoms with van der Waals surface area (Å²) < 4.78 is 0. The van der Waals surface area contributed by atoms with Gasteiger partial charge in [0.1, 0.15) is 5.82 Å². The molecule has 4 nitrogen and oxygen atoms in total. The first-order valence-corrected chi connectivity index (χ1v) is 5.02. The molecule has 0 spiro atoms. The molecular weight excluding hydrogens is 204 g/mol. The van der Waals surface area contributed by atoms with E-state index in [9.17, 15) is 4.79 Å². The minimum Gasteiger partial charge on any atom is -0.481 e. The number of carboxylic acids is 1. The van der Waals surface area contributed by atoms with Crippen LogP contribution in [0.25, 0.3) is 10.9 Å².